The number of benzene rings is 1. The van der Waals surface area contributed by atoms with Crippen LogP contribution in [0.3, 0.4) is 0 Å². The van der Waals surface area contributed by atoms with Crippen molar-refractivity contribution in [2.75, 3.05) is 13.2 Å². The second kappa shape index (κ2) is 7.30. The molecule has 0 aliphatic heterocycles. The van der Waals surface area contributed by atoms with Crippen molar-refractivity contribution in [3.05, 3.63) is 30.3 Å². The maximum absolute atomic E-state index is 11.1. The molecule has 2 N–H and O–H groups in total. The third kappa shape index (κ3) is 5.44. The van der Waals surface area contributed by atoms with E-state index < -0.39 is 20.3 Å². The van der Waals surface area contributed by atoms with Crippen molar-refractivity contribution in [1.29, 1.82) is 0 Å². The van der Waals surface area contributed by atoms with Gasteiger partial charge in [-0.2, -0.15) is 0 Å². The molecule has 1 aromatic carbocycles. The Balaban J connectivity index is 2.47. The number of aliphatic hydroxyl groups excluding tert-OH is 1. The molecule has 0 unspecified atom stereocenters. The minimum absolute atomic E-state index is 0.238. The summed E-state index contributed by atoms with van der Waals surface area (Å²) in [6.45, 7) is 6.77. The molecule has 1 aromatic rings. The van der Waals surface area contributed by atoms with Crippen LogP contribution in [0.15, 0.2) is 30.3 Å². The van der Waals surface area contributed by atoms with Gasteiger partial charge in [-0.1, -0.05) is 48.6 Å². The zero-order valence-corrected chi connectivity index (χ0v) is 12.8. The maximum Gasteiger partial charge on any atom is 0.407 e. The van der Waals surface area contributed by atoms with Crippen molar-refractivity contribution in [2.24, 2.45) is 0 Å². The zero-order chi connectivity index (χ0) is 14.3. The highest BCUT2D eigenvalue weighted by Crippen LogP contribution is 2.12. The Morgan fingerprint density at radius 1 is 1.37 bits per heavy atom. The lowest BCUT2D eigenvalue weighted by molar-refractivity contribution is 0.139. The van der Waals surface area contributed by atoms with Crippen LogP contribution >= 0.6 is 0 Å². The average molecular weight is 281 g/mol. The Morgan fingerprint density at radius 3 is 2.58 bits per heavy atom. The van der Waals surface area contributed by atoms with E-state index in [2.05, 4.69) is 30.5 Å². The number of amides is 1. The molecule has 0 fully saturated rings. The first kappa shape index (κ1) is 15.7. The lowest BCUT2D eigenvalue weighted by atomic mass is 10.4. The van der Waals surface area contributed by atoms with E-state index in [4.69, 9.17) is 4.74 Å². The third-order valence-corrected chi connectivity index (χ3v) is 6.45. The van der Waals surface area contributed by atoms with Crippen LogP contribution in [0.25, 0.3) is 0 Å². The Labute approximate surface area is 115 Å². The molecular formula is C14H23NO3Si. The molecule has 1 rings (SSSR count). The molecule has 1 atom stereocenters. The summed E-state index contributed by atoms with van der Waals surface area (Å²) >= 11 is 0. The van der Waals surface area contributed by atoms with E-state index in [1.165, 1.54) is 5.19 Å². The quantitative estimate of drug-likeness (QED) is 0.780. The van der Waals surface area contributed by atoms with Gasteiger partial charge in [-0.3, -0.25) is 0 Å². The predicted molar refractivity (Wildman–Crippen MR) is 79.4 cm³/mol. The van der Waals surface area contributed by atoms with Crippen molar-refractivity contribution in [2.45, 2.75) is 32.2 Å². The van der Waals surface area contributed by atoms with Crippen molar-refractivity contribution < 1.29 is 14.6 Å². The zero-order valence-electron chi connectivity index (χ0n) is 11.8. The number of carbonyl (C=O) groups is 1. The van der Waals surface area contributed by atoms with Crippen LogP contribution in [0.5, 0.6) is 0 Å². The minimum Gasteiger partial charge on any atom is -0.450 e. The first-order chi connectivity index (χ1) is 8.95. The summed E-state index contributed by atoms with van der Waals surface area (Å²) in [5, 5.41) is 13.9. The summed E-state index contributed by atoms with van der Waals surface area (Å²) in [7, 11) is -1.68. The SMILES string of the molecule is CCOC(=O)NC[C@@H](O)C[Si](C)(C)c1ccccc1. The smallest absolute Gasteiger partial charge is 0.407 e. The molecule has 4 nitrogen and oxygen atoms in total. The number of alkyl carbamates (subject to hydrolysis) is 1. The molecule has 1 amide bonds. The van der Waals surface area contributed by atoms with Gasteiger partial charge in [0, 0.05) is 6.54 Å². The molecule has 0 saturated carbocycles. The first-order valence-corrected chi connectivity index (χ1v) is 9.80. The van der Waals surface area contributed by atoms with E-state index in [1.54, 1.807) is 6.92 Å². The molecule has 0 saturated heterocycles. The van der Waals surface area contributed by atoms with Gasteiger partial charge in [-0.15, -0.1) is 0 Å². The summed E-state index contributed by atoms with van der Waals surface area (Å²) < 4.78 is 4.76. The highest BCUT2D eigenvalue weighted by Gasteiger charge is 2.26. The highest BCUT2D eigenvalue weighted by atomic mass is 28.3. The molecule has 5 heteroatoms. The first-order valence-electron chi connectivity index (χ1n) is 6.60. The minimum atomic E-state index is -1.68. The topological polar surface area (TPSA) is 58.6 Å². The van der Waals surface area contributed by atoms with E-state index in [1.807, 2.05) is 18.2 Å². The summed E-state index contributed by atoms with van der Waals surface area (Å²) in [6.07, 6.45) is -1.01. The second-order valence-electron chi connectivity index (χ2n) is 5.21. The molecule has 0 bridgehead atoms. The van der Waals surface area contributed by atoms with Gasteiger partial charge < -0.3 is 15.2 Å². The number of ether oxygens (including phenoxy) is 1. The van der Waals surface area contributed by atoms with Crippen LogP contribution in [0, 0.1) is 0 Å². The monoisotopic (exact) mass is 281 g/mol. The Bertz CT molecular complexity index is 395. The predicted octanol–water partition coefficient (Wildman–Crippen LogP) is 1.71. The number of rotatable bonds is 6. The van der Waals surface area contributed by atoms with Gasteiger partial charge in [0.05, 0.1) is 20.8 Å². The lowest BCUT2D eigenvalue weighted by Gasteiger charge is -2.26. The molecule has 0 aliphatic rings. The largest absolute Gasteiger partial charge is 0.450 e. The van der Waals surface area contributed by atoms with Crippen LogP contribution in [0.4, 0.5) is 4.79 Å². The van der Waals surface area contributed by atoms with E-state index in [0.29, 0.717) is 12.7 Å². The van der Waals surface area contributed by atoms with E-state index >= 15 is 0 Å². The number of aliphatic hydroxyl groups is 1. The van der Waals surface area contributed by atoms with Crippen LogP contribution < -0.4 is 10.5 Å². The fourth-order valence-corrected chi connectivity index (χ4v) is 4.70. The van der Waals surface area contributed by atoms with Crippen molar-refractivity contribution in [3.63, 3.8) is 0 Å². The van der Waals surface area contributed by atoms with E-state index in [0.717, 1.165) is 0 Å². The number of nitrogens with one attached hydrogen (secondary N) is 1. The van der Waals surface area contributed by atoms with Crippen molar-refractivity contribution in [3.8, 4) is 0 Å². The Morgan fingerprint density at radius 2 is 2.00 bits per heavy atom. The fraction of sp³-hybridized carbons (Fsp3) is 0.500. The highest BCUT2D eigenvalue weighted by molar-refractivity contribution is 6.89. The number of hydrogen-bond acceptors (Lipinski definition) is 3. The standard InChI is InChI=1S/C14H23NO3Si/c1-4-18-14(17)15-10-12(16)11-19(2,3)13-8-6-5-7-9-13/h5-9,12,16H,4,10-11H2,1-3H3,(H,15,17)/t12-/m1/s1. The van der Waals surface area contributed by atoms with Gasteiger partial charge in [0.15, 0.2) is 0 Å². The average Bonchev–Trinajstić information content (AvgIpc) is 2.37. The van der Waals surface area contributed by atoms with Crippen LogP contribution in [0.1, 0.15) is 6.92 Å². The van der Waals surface area contributed by atoms with Gasteiger partial charge in [0.25, 0.3) is 0 Å². The van der Waals surface area contributed by atoms with Gasteiger partial charge in [0.2, 0.25) is 0 Å². The van der Waals surface area contributed by atoms with Gasteiger partial charge in [0.1, 0.15) is 0 Å². The molecular weight excluding hydrogens is 258 g/mol. The van der Waals surface area contributed by atoms with E-state index in [9.17, 15) is 9.90 Å². The summed E-state index contributed by atoms with van der Waals surface area (Å²) in [6, 6.07) is 11.0. The molecule has 0 aromatic heterocycles. The fourth-order valence-electron chi connectivity index (χ4n) is 2.05. The van der Waals surface area contributed by atoms with Gasteiger partial charge in [-0.25, -0.2) is 4.79 Å². The Hall–Kier alpha value is -1.33. The molecule has 106 valence electrons. The van der Waals surface area contributed by atoms with E-state index in [-0.39, 0.29) is 6.54 Å². The second-order valence-corrected chi connectivity index (χ2v) is 9.96. The van der Waals surface area contributed by atoms with Crippen LogP contribution in [-0.2, 0) is 4.74 Å². The molecule has 0 spiro atoms. The summed E-state index contributed by atoms with van der Waals surface area (Å²) in [5.41, 5.74) is 0. The Kier molecular flexibility index (Phi) is 6.04. The number of hydrogen-bond donors (Lipinski definition) is 2. The van der Waals surface area contributed by atoms with Gasteiger partial charge in [-0.05, 0) is 13.0 Å². The molecule has 19 heavy (non-hydrogen) atoms. The molecule has 0 radical (unpaired) electrons. The molecule has 0 aliphatic carbocycles. The maximum atomic E-state index is 11.1. The van der Waals surface area contributed by atoms with Crippen LogP contribution in [0.2, 0.25) is 19.1 Å². The summed E-state index contributed by atoms with van der Waals surface area (Å²) in [5.74, 6) is 0. The van der Waals surface area contributed by atoms with Gasteiger partial charge >= 0.3 is 6.09 Å². The lowest BCUT2D eigenvalue weighted by Crippen LogP contribution is -2.46. The molecule has 0 heterocycles. The van der Waals surface area contributed by atoms with Crippen molar-refractivity contribution in [1.82, 2.24) is 5.32 Å². The van der Waals surface area contributed by atoms with Crippen molar-refractivity contribution >= 4 is 19.4 Å². The third-order valence-electron chi connectivity index (χ3n) is 3.06. The van der Waals surface area contributed by atoms with Crippen LogP contribution in [-0.4, -0.2) is 38.5 Å². The normalized spacial score (nSPS) is 12.8. The number of carbonyl (C=O) groups excluding carboxylic acids is 1. The summed E-state index contributed by atoms with van der Waals surface area (Å²) in [4.78, 5) is 11.1.